The summed E-state index contributed by atoms with van der Waals surface area (Å²) in [6.07, 6.45) is 0.878. The quantitative estimate of drug-likeness (QED) is 0.855. The van der Waals surface area contributed by atoms with Crippen molar-refractivity contribution in [1.29, 1.82) is 0 Å². The standard InChI is InChI=1S/C12H18ClNO3/c1-12(2,6-7-16-3)8-14-11(15)9-4-5-10(13)17-9/h4-5H,6-8H2,1-3H3,(H,14,15). The molecule has 4 nitrogen and oxygen atoms in total. The maximum atomic E-state index is 11.7. The highest BCUT2D eigenvalue weighted by molar-refractivity contribution is 6.29. The van der Waals surface area contributed by atoms with Gasteiger partial charge in [-0.2, -0.15) is 0 Å². The first-order chi connectivity index (χ1) is 7.94. The highest BCUT2D eigenvalue weighted by atomic mass is 35.5. The van der Waals surface area contributed by atoms with Crippen LogP contribution in [0.1, 0.15) is 30.8 Å². The zero-order chi connectivity index (χ0) is 12.9. The van der Waals surface area contributed by atoms with Gasteiger partial charge in [0, 0.05) is 20.3 Å². The summed E-state index contributed by atoms with van der Waals surface area (Å²) in [6.45, 7) is 5.38. The van der Waals surface area contributed by atoms with Crippen molar-refractivity contribution < 1.29 is 13.9 Å². The molecule has 17 heavy (non-hydrogen) atoms. The molecule has 0 bridgehead atoms. The molecule has 0 radical (unpaired) electrons. The minimum atomic E-state index is -0.248. The van der Waals surface area contributed by atoms with E-state index in [0.29, 0.717) is 13.2 Å². The minimum absolute atomic E-state index is 0.0118. The number of ether oxygens (including phenoxy) is 1. The Labute approximate surface area is 106 Å². The molecule has 0 saturated carbocycles. The third-order valence-electron chi connectivity index (χ3n) is 2.51. The number of hydrogen-bond donors (Lipinski definition) is 1. The number of furan rings is 1. The van der Waals surface area contributed by atoms with Gasteiger partial charge in [-0.25, -0.2) is 0 Å². The normalized spacial score (nSPS) is 11.5. The monoisotopic (exact) mass is 259 g/mol. The molecule has 0 fully saturated rings. The number of hydrogen-bond acceptors (Lipinski definition) is 3. The molecule has 0 spiro atoms. The Morgan fingerprint density at radius 2 is 2.24 bits per heavy atom. The van der Waals surface area contributed by atoms with E-state index in [1.165, 1.54) is 0 Å². The van der Waals surface area contributed by atoms with Gasteiger partial charge < -0.3 is 14.5 Å². The van der Waals surface area contributed by atoms with Crippen LogP contribution in [0.2, 0.25) is 5.22 Å². The maximum Gasteiger partial charge on any atom is 0.287 e. The number of halogens is 1. The second-order valence-electron chi connectivity index (χ2n) is 4.69. The fraction of sp³-hybridized carbons (Fsp3) is 0.583. The molecule has 5 heteroatoms. The number of nitrogens with one attached hydrogen (secondary N) is 1. The van der Waals surface area contributed by atoms with Gasteiger partial charge >= 0.3 is 0 Å². The van der Waals surface area contributed by atoms with Crippen molar-refractivity contribution >= 4 is 17.5 Å². The van der Waals surface area contributed by atoms with E-state index in [2.05, 4.69) is 19.2 Å². The van der Waals surface area contributed by atoms with Crippen molar-refractivity contribution in [3.8, 4) is 0 Å². The molecule has 0 saturated heterocycles. The van der Waals surface area contributed by atoms with Crippen molar-refractivity contribution in [3.63, 3.8) is 0 Å². The van der Waals surface area contributed by atoms with Gasteiger partial charge in [0.15, 0.2) is 11.0 Å². The molecule has 1 aromatic rings. The third kappa shape index (κ3) is 4.79. The Morgan fingerprint density at radius 3 is 2.76 bits per heavy atom. The van der Waals surface area contributed by atoms with Gasteiger partial charge in [0.1, 0.15) is 0 Å². The van der Waals surface area contributed by atoms with Crippen LogP contribution in [0.5, 0.6) is 0 Å². The van der Waals surface area contributed by atoms with E-state index in [1.807, 2.05) is 0 Å². The average Bonchev–Trinajstić information content (AvgIpc) is 2.70. The summed E-state index contributed by atoms with van der Waals surface area (Å²) in [5.41, 5.74) is -0.0118. The summed E-state index contributed by atoms with van der Waals surface area (Å²) in [6, 6.07) is 3.10. The molecule has 0 aliphatic heterocycles. The molecular formula is C12H18ClNO3. The van der Waals surface area contributed by atoms with Gasteiger partial charge in [0.25, 0.3) is 5.91 Å². The second kappa shape index (κ2) is 6.07. The number of carbonyl (C=O) groups excluding carboxylic acids is 1. The lowest BCUT2D eigenvalue weighted by molar-refractivity contribution is 0.0894. The van der Waals surface area contributed by atoms with E-state index in [0.717, 1.165) is 6.42 Å². The summed E-state index contributed by atoms with van der Waals surface area (Å²) < 4.78 is 10.0. The fourth-order valence-corrected chi connectivity index (χ4v) is 1.46. The van der Waals surface area contributed by atoms with Crippen molar-refractivity contribution in [2.24, 2.45) is 5.41 Å². The van der Waals surface area contributed by atoms with Crippen LogP contribution >= 0.6 is 11.6 Å². The first-order valence-corrected chi connectivity index (χ1v) is 5.85. The van der Waals surface area contributed by atoms with Crippen LogP contribution in [-0.4, -0.2) is 26.2 Å². The SMILES string of the molecule is COCCC(C)(C)CNC(=O)c1ccc(Cl)o1. The van der Waals surface area contributed by atoms with Crippen LogP contribution < -0.4 is 5.32 Å². The molecule has 1 N–H and O–H groups in total. The highest BCUT2D eigenvalue weighted by Gasteiger charge is 2.20. The van der Waals surface area contributed by atoms with Crippen molar-refractivity contribution in [2.45, 2.75) is 20.3 Å². The van der Waals surface area contributed by atoms with Crippen LogP contribution in [0.4, 0.5) is 0 Å². The van der Waals surface area contributed by atoms with Gasteiger partial charge in [0.2, 0.25) is 0 Å². The first kappa shape index (κ1) is 14.1. The van der Waals surface area contributed by atoms with Crippen LogP contribution in [0, 0.1) is 5.41 Å². The highest BCUT2D eigenvalue weighted by Crippen LogP contribution is 2.19. The number of amides is 1. The molecule has 0 aromatic carbocycles. The van der Waals surface area contributed by atoms with Crippen LogP contribution in [0.25, 0.3) is 0 Å². The van der Waals surface area contributed by atoms with Gasteiger partial charge in [-0.1, -0.05) is 13.8 Å². The van der Waals surface area contributed by atoms with Crippen molar-refractivity contribution in [2.75, 3.05) is 20.3 Å². The number of carbonyl (C=O) groups is 1. The zero-order valence-electron chi connectivity index (χ0n) is 10.4. The Hall–Kier alpha value is -1.00. The molecular weight excluding hydrogens is 242 g/mol. The minimum Gasteiger partial charge on any atom is -0.440 e. The molecule has 1 rings (SSSR count). The summed E-state index contributed by atoms with van der Waals surface area (Å²) in [4.78, 5) is 11.7. The summed E-state index contributed by atoms with van der Waals surface area (Å²) in [7, 11) is 1.67. The first-order valence-electron chi connectivity index (χ1n) is 5.47. The average molecular weight is 260 g/mol. The van der Waals surface area contributed by atoms with Gasteiger partial charge in [-0.3, -0.25) is 4.79 Å². The van der Waals surface area contributed by atoms with Crippen LogP contribution in [0.15, 0.2) is 16.5 Å². The number of methoxy groups -OCH3 is 1. The molecule has 0 atom stereocenters. The third-order valence-corrected chi connectivity index (χ3v) is 2.71. The van der Waals surface area contributed by atoms with E-state index in [1.54, 1.807) is 19.2 Å². The van der Waals surface area contributed by atoms with E-state index in [4.69, 9.17) is 20.8 Å². The lowest BCUT2D eigenvalue weighted by atomic mass is 9.90. The Morgan fingerprint density at radius 1 is 1.53 bits per heavy atom. The predicted octanol–water partition coefficient (Wildman–Crippen LogP) is 2.73. The molecule has 0 aliphatic rings. The van der Waals surface area contributed by atoms with E-state index in [-0.39, 0.29) is 22.3 Å². The van der Waals surface area contributed by atoms with E-state index in [9.17, 15) is 4.79 Å². The van der Waals surface area contributed by atoms with Gasteiger partial charge in [-0.15, -0.1) is 0 Å². The van der Waals surface area contributed by atoms with E-state index < -0.39 is 0 Å². The molecule has 0 unspecified atom stereocenters. The summed E-state index contributed by atoms with van der Waals surface area (Å²) >= 11 is 5.60. The lowest BCUT2D eigenvalue weighted by Gasteiger charge is -2.24. The maximum absolute atomic E-state index is 11.7. The van der Waals surface area contributed by atoms with Crippen LogP contribution in [0.3, 0.4) is 0 Å². The molecule has 0 aliphatic carbocycles. The van der Waals surface area contributed by atoms with Gasteiger partial charge in [0.05, 0.1) is 0 Å². The second-order valence-corrected chi connectivity index (χ2v) is 5.07. The Bertz CT molecular complexity index is 374. The Kier molecular flexibility index (Phi) is 5.02. The van der Waals surface area contributed by atoms with Crippen LogP contribution in [-0.2, 0) is 4.74 Å². The van der Waals surface area contributed by atoms with E-state index >= 15 is 0 Å². The number of rotatable bonds is 6. The van der Waals surface area contributed by atoms with Crippen molar-refractivity contribution in [3.05, 3.63) is 23.1 Å². The smallest absolute Gasteiger partial charge is 0.287 e. The van der Waals surface area contributed by atoms with Crippen molar-refractivity contribution in [1.82, 2.24) is 5.32 Å². The molecule has 1 amide bonds. The predicted molar refractivity (Wildman–Crippen MR) is 66.3 cm³/mol. The lowest BCUT2D eigenvalue weighted by Crippen LogP contribution is -2.34. The largest absolute Gasteiger partial charge is 0.440 e. The van der Waals surface area contributed by atoms with Gasteiger partial charge in [-0.05, 0) is 35.6 Å². The summed E-state index contributed by atoms with van der Waals surface area (Å²) in [5.74, 6) is -0.0140. The molecule has 96 valence electrons. The molecule has 1 heterocycles. The fourth-order valence-electron chi connectivity index (χ4n) is 1.31. The Balaban J connectivity index is 2.42. The topological polar surface area (TPSA) is 51.5 Å². The summed E-state index contributed by atoms with van der Waals surface area (Å²) in [5, 5.41) is 3.03. The zero-order valence-corrected chi connectivity index (χ0v) is 11.1. The molecule has 1 aromatic heterocycles.